The summed E-state index contributed by atoms with van der Waals surface area (Å²) in [5.74, 6) is -1.03. The number of azo groups is 1. The van der Waals surface area contributed by atoms with Crippen molar-refractivity contribution in [3.8, 4) is 5.75 Å². The highest BCUT2D eigenvalue weighted by Gasteiger charge is 2.22. The number of carboxylic acid groups (broad SMARTS) is 1. The Labute approximate surface area is 189 Å². The minimum Gasteiger partial charge on any atom is -0.505 e. The maximum atomic E-state index is 13.2. The van der Waals surface area contributed by atoms with E-state index in [1.165, 1.54) is 30.3 Å². The number of sulfonamides is 1. The number of hydrogen-bond donors (Lipinski definition) is 3. The number of carboxylic acids is 1. The van der Waals surface area contributed by atoms with E-state index in [9.17, 15) is 18.3 Å². The SMILES string of the molecule is Cc1ccc(N=Nc2cc(S(=O)(=O)Nc3ccc(C(=O)O)cc3)c3ccccc3c2O)nc1. The van der Waals surface area contributed by atoms with Crippen molar-refractivity contribution in [1.29, 1.82) is 0 Å². The molecule has 9 nitrogen and oxygen atoms in total. The molecule has 0 aliphatic rings. The van der Waals surface area contributed by atoms with Crippen molar-refractivity contribution in [1.82, 2.24) is 4.98 Å². The second kappa shape index (κ2) is 8.67. The molecule has 0 saturated carbocycles. The van der Waals surface area contributed by atoms with Crippen molar-refractivity contribution in [2.45, 2.75) is 11.8 Å². The third kappa shape index (κ3) is 4.65. The van der Waals surface area contributed by atoms with Crippen LogP contribution < -0.4 is 4.72 Å². The average Bonchev–Trinajstić information content (AvgIpc) is 2.80. The van der Waals surface area contributed by atoms with E-state index in [4.69, 9.17) is 5.11 Å². The van der Waals surface area contributed by atoms with Crippen LogP contribution in [0, 0.1) is 6.92 Å². The molecule has 0 amide bonds. The molecular formula is C23H18N4O5S. The van der Waals surface area contributed by atoms with Gasteiger partial charge in [0, 0.05) is 22.7 Å². The number of rotatable bonds is 6. The van der Waals surface area contributed by atoms with Crippen LogP contribution in [-0.4, -0.2) is 29.6 Å². The normalized spacial score (nSPS) is 11.7. The molecule has 0 spiro atoms. The lowest BCUT2D eigenvalue weighted by Gasteiger charge is -2.13. The number of nitrogens with one attached hydrogen (secondary N) is 1. The number of aryl methyl sites for hydroxylation is 1. The molecule has 0 fully saturated rings. The summed E-state index contributed by atoms with van der Waals surface area (Å²) in [4.78, 5) is 15.0. The van der Waals surface area contributed by atoms with Gasteiger partial charge in [-0.1, -0.05) is 30.3 Å². The van der Waals surface area contributed by atoms with E-state index in [0.717, 1.165) is 5.56 Å². The van der Waals surface area contributed by atoms with E-state index >= 15 is 0 Å². The number of aromatic nitrogens is 1. The van der Waals surface area contributed by atoms with Gasteiger partial charge in [-0.15, -0.1) is 10.2 Å². The van der Waals surface area contributed by atoms with Crippen LogP contribution >= 0.6 is 0 Å². The largest absolute Gasteiger partial charge is 0.505 e. The van der Waals surface area contributed by atoms with Crippen LogP contribution in [0.2, 0.25) is 0 Å². The number of fused-ring (bicyclic) bond motifs is 1. The Hall–Kier alpha value is -4.31. The van der Waals surface area contributed by atoms with E-state index in [1.807, 2.05) is 6.92 Å². The Kier molecular flexibility index (Phi) is 5.76. The topological polar surface area (TPSA) is 141 Å². The smallest absolute Gasteiger partial charge is 0.335 e. The first kappa shape index (κ1) is 21.9. The Morgan fingerprint density at radius 1 is 0.970 bits per heavy atom. The van der Waals surface area contributed by atoms with Gasteiger partial charge in [0.1, 0.15) is 5.69 Å². The molecular weight excluding hydrogens is 444 g/mol. The molecule has 1 aromatic heterocycles. The predicted octanol–water partition coefficient (Wildman–Crippen LogP) is 5.16. The first-order valence-electron chi connectivity index (χ1n) is 9.70. The molecule has 0 atom stereocenters. The molecule has 4 aromatic rings. The molecule has 0 aliphatic carbocycles. The van der Waals surface area contributed by atoms with Crippen molar-refractivity contribution in [3.63, 3.8) is 0 Å². The highest BCUT2D eigenvalue weighted by molar-refractivity contribution is 7.93. The minimum atomic E-state index is -4.13. The van der Waals surface area contributed by atoms with Crippen molar-refractivity contribution in [2.75, 3.05) is 4.72 Å². The van der Waals surface area contributed by atoms with Gasteiger partial charge in [-0.3, -0.25) is 4.72 Å². The molecule has 0 saturated heterocycles. The molecule has 10 heteroatoms. The number of benzene rings is 3. The summed E-state index contributed by atoms with van der Waals surface area (Å²) in [6, 6.07) is 16.4. The van der Waals surface area contributed by atoms with Crippen LogP contribution in [0.1, 0.15) is 15.9 Å². The number of aromatic hydroxyl groups is 1. The second-order valence-electron chi connectivity index (χ2n) is 7.17. The Bertz CT molecular complexity index is 1480. The first-order valence-corrected chi connectivity index (χ1v) is 11.2. The lowest BCUT2D eigenvalue weighted by molar-refractivity contribution is 0.0697. The molecule has 166 valence electrons. The van der Waals surface area contributed by atoms with Crippen LogP contribution in [0.15, 0.2) is 88.1 Å². The van der Waals surface area contributed by atoms with Gasteiger partial charge in [0.15, 0.2) is 11.6 Å². The fourth-order valence-corrected chi connectivity index (χ4v) is 4.42. The molecule has 33 heavy (non-hydrogen) atoms. The van der Waals surface area contributed by atoms with Crippen molar-refractivity contribution in [2.24, 2.45) is 10.2 Å². The van der Waals surface area contributed by atoms with Crippen LogP contribution in [0.4, 0.5) is 17.2 Å². The molecule has 3 aromatic carbocycles. The number of hydrogen-bond acceptors (Lipinski definition) is 7. The van der Waals surface area contributed by atoms with E-state index < -0.39 is 16.0 Å². The summed E-state index contributed by atoms with van der Waals surface area (Å²) in [6.45, 7) is 1.88. The highest BCUT2D eigenvalue weighted by atomic mass is 32.2. The lowest BCUT2D eigenvalue weighted by Crippen LogP contribution is -2.13. The van der Waals surface area contributed by atoms with Crippen LogP contribution in [0.25, 0.3) is 10.8 Å². The number of nitrogens with zero attached hydrogens (tertiary/aromatic N) is 3. The fourth-order valence-electron chi connectivity index (χ4n) is 3.13. The Morgan fingerprint density at radius 2 is 1.67 bits per heavy atom. The zero-order valence-electron chi connectivity index (χ0n) is 17.3. The summed E-state index contributed by atoms with van der Waals surface area (Å²) >= 11 is 0. The van der Waals surface area contributed by atoms with Crippen molar-refractivity contribution in [3.05, 3.63) is 84.1 Å². The number of carbonyl (C=O) groups is 1. The summed E-state index contributed by atoms with van der Waals surface area (Å²) in [5.41, 5.74) is 1.11. The number of anilines is 1. The highest BCUT2D eigenvalue weighted by Crippen LogP contribution is 2.40. The number of pyridine rings is 1. The minimum absolute atomic E-state index is 0.0282. The number of phenols is 1. The number of phenolic OH excluding ortho intramolecular Hbond substituents is 1. The van der Waals surface area contributed by atoms with E-state index in [2.05, 4.69) is 19.9 Å². The van der Waals surface area contributed by atoms with Gasteiger partial charge >= 0.3 is 5.97 Å². The van der Waals surface area contributed by atoms with Gasteiger partial charge in [0.2, 0.25) is 0 Å². The summed E-state index contributed by atoms with van der Waals surface area (Å²) in [7, 11) is -4.13. The summed E-state index contributed by atoms with van der Waals surface area (Å²) < 4.78 is 28.9. The van der Waals surface area contributed by atoms with Crippen LogP contribution in [0.5, 0.6) is 5.75 Å². The second-order valence-corrected chi connectivity index (χ2v) is 8.82. The monoisotopic (exact) mass is 462 g/mol. The average molecular weight is 462 g/mol. The maximum Gasteiger partial charge on any atom is 0.335 e. The zero-order valence-corrected chi connectivity index (χ0v) is 18.1. The lowest BCUT2D eigenvalue weighted by atomic mass is 10.1. The standard InChI is InChI=1S/C23H18N4O5S/c1-14-6-11-21(24-13-14)26-25-19-12-20(17-4-2-3-5-18(17)22(19)28)33(31,32)27-16-9-7-15(8-10-16)23(29)30/h2-13,27-28H,1H3,(H,29,30). The maximum absolute atomic E-state index is 13.2. The van der Waals surface area contributed by atoms with Gasteiger partial charge in [-0.2, -0.15) is 0 Å². The van der Waals surface area contributed by atoms with Gasteiger partial charge in [0.05, 0.1) is 10.5 Å². The molecule has 0 unspecified atom stereocenters. The van der Waals surface area contributed by atoms with E-state index in [1.54, 1.807) is 42.6 Å². The molecule has 0 radical (unpaired) electrons. The quantitative estimate of drug-likeness (QED) is 0.338. The predicted molar refractivity (Wildman–Crippen MR) is 123 cm³/mol. The zero-order chi connectivity index (χ0) is 23.6. The summed E-state index contributed by atoms with van der Waals surface area (Å²) in [6.07, 6.45) is 1.62. The van der Waals surface area contributed by atoms with Gasteiger partial charge < -0.3 is 10.2 Å². The third-order valence-electron chi connectivity index (χ3n) is 4.79. The van der Waals surface area contributed by atoms with Gasteiger partial charge in [0.25, 0.3) is 10.0 Å². The van der Waals surface area contributed by atoms with E-state index in [-0.39, 0.29) is 38.4 Å². The van der Waals surface area contributed by atoms with Crippen molar-refractivity contribution >= 4 is 44.0 Å². The van der Waals surface area contributed by atoms with Gasteiger partial charge in [-0.25, -0.2) is 18.2 Å². The van der Waals surface area contributed by atoms with Crippen LogP contribution in [-0.2, 0) is 10.0 Å². The molecule has 0 aliphatic heterocycles. The van der Waals surface area contributed by atoms with E-state index in [0.29, 0.717) is 5.82 Å². The molecule has 1 heterocycles. The fraction of sp³-hybridized carbons (Fsp3) is 0.0435. The van der Waals surface area contributed by atoms with Gasteiger partial charge in [-0.05, 0) is 48.9 Å². The Balaban J connectivity index is 1.78. The van der Waals surface area contributed by atoms with Crippen molar-refractivity contribution < 1.29 is 23.4 Å². The first-order chi connectivity index (χ1) is 15.7. The third-order valence-corrected chi connectivity index (χ3v) is 6.21. The molecule has 3 N–H and O–H groups in total. The number of aromatic carboxylic acids is 1. The van der Waals surface area contributed by atoms with Crippen LogP contribution in [0.3, 0.4) is 0 Å². The molecule has 0 bridgehead atoms. The summed E-state index contributed by atoms with van der Waals surface area (Å²) in [5, 5.41) is 28.3. The molecule has 4 rings (SSSR count). The Morgan fingerprint density at radius 3 is 2.30 bits per heavy atom.